The first-order valence-electron chi connectivity index (χ1n) is 13.0. The molecule has 0 aliphatic carbocycles. The molecule has 2 fully saturated rings. The predicted molar refractivity (Wildman–Crippen MR) is 137 cm³/mol. The van der Waals surface area contributed by atoms with Crippen LogP contribution in [0.5, 0.6) is 5.75 Å². The minimum absolute atomic E-state index is 0.146. The molecule has 2 N–H and O–H groups in total. The molecule has 3 heterocycles. The maximum atomic E-state index is 13.1. The Kier molecular flexibility index (Phi) is 7.14. The van der Waals surface area contributed by atoms with E-state index in [-0.39, 0.29) is 5.91 Å². The van der Waals surface area contributed by atoms with Crippen LogP contribution in [0.3, 0.4) is 0 Å². The second kappa shape index (κ2) is 10.6. The van der Waals surface area contributed by atoms with Crippen molar-refractivity contribution in [2.45, 2.75) is 70.3 Å². The summed E-state index contributed by atoms with van der Waals surface area (Å²) in [4.78, 5) is 15.8. The molecule has 2 aliphatic heterocycles. The predicted octanol–water partition coefficient (Wildman–Crippen LogP) is 6.12. The van der Waals surface area contributed by atoms with E-state index in [0.717, 1.165) is 48.1 Å². The van der Waals surface area contributed by atoms with Gasteiger partial charge in [0.2, 0.25) is 0 Å². The molecule has 2 saturated heterocycles. The number of aromatic nitrogens is 2. The zero-order valence-corrected chi connectivity index (χ0v) is 20.2. The number of piperidine rings is 1. The van der Waals surface area contributed by atoms with Crippen molar-refractivity contribution in [1.82, 2.24) is 15.1 Å². The van der Waals surface area contributed by atoms with Crippen molar-refractivity contribution in [3.05, 3.63) is 53.7 Å². The van der Waals surface area contributed by atoms with Crippen LogP contribution in [-0.4, -0.2) is 46.7 Å². The number of fused-ring (bicyclic) bond motifs is 2. The highest BCUT2D eigenvalue weighted by atomic mass is 16.5. The van der Waals surface area contributed by atoms with Crippen LogP contribution in [0, 0.1) is 0 Å². The van der Waals surface area contributed by atoms with E-state index >= 15 is 0 Å². The van der Waals surface area contributed by atoms with Gasteiger partial charge in [0.15, 0.2) is 0 Å². The molecule has 2 atom stereocenters. The van der Waals surface area contributed by atoms with Gasteiger partial charge in [0.05, 0.1) is 23.4 Å². The molecule has 5 rings (SSSR count). The van der Waals surface area contributed by atoms with Crippen molar-refractivity contribution in [2.75, 3.05) is 25.0 Å². The number of benzene rings is 2. The van der Waals surface area contributed by atoms with Crippen LogP contribution in [0.1, 0.15) is 80.3 Å². The molecule has 1 amide bonds. The maximum absolute atomic E-state index is 13.1. The third-order valence-electron chi connectivity index (χ3n) is 7.44. The summed E-state index contributed by atoms with van der Waals surface area (Å²) >= 11 is 0. The van der Waals surface area contributed by atoms with Crippen LogP contribution in [0.25, 0.3) is 10.9 Å². The van der Waals surface area contributed by atoms with Crippen molar-refractivity contribution in [3.63, 3.8) is 0 Å². The first-order valence-corrected chi connectivity index (χ1v) is 13.0. The normalized spacial score (nSPS) is 20.4. The summed E-state index contributed by atoms with van der Waals surface area (Å²) in [5.74, 6) is 0.971. The van der Waals surface area contributed by atoms with E-state index in [1.807, 2.05) is 36.4 Å². The van der Waals surface area contributed by atoms with Crippen molar-refractivity contribution >= 4 is 22.5 Å². The molecule has 2 aromatic carbocycles. The number of hydrogen-bond donors (Lipinski definition) is 2. The highest BCUT2D eigenvalue weighted by Crippen LogP contribution is 2.38. The minimum Gasteiger partial charge on any atom is -0.493 e. The number of para-hydroxylation sites is 1. The first-order chi connectivity index (χ1) is 16.7. The molecular weight excluding hydrogens is 424 g/mol. The number of amides is 1. The van der Waals surface area contributed by atoms with Gasteiger partial charge in [-0.1, -0.05) is 38.3 Å². The number of carbonyl (C=O) groups excluding carboxylic acids is 1. The third-order valence-corrected chi connectivity index (χ3v) is 7.44. The Bertz CT molecular complexity index is 1120. The van der Waals surface area contributed by atoms with Gasteiger partial charge in [-0.25, -0.2) is 0 Å². The van der Waals surface area contributed by atoms with Crippen molar-refractivity contribution in [3.8, 4) is 5.75 Å². The van der Waals surface area contributed by atoms with Gasteiger partial charge < -0.3 is 15.0 Å². The highest BCUT2D eigenvalue weighted by Gasteiger charge is 2.33. The molecule has 6 heteroatoms. The number of rotatable bonds is 9. The highest BCUT2D eigenvalue weighted by molar-refractivity contribution is 6.07. The molecule has 2 unspecified atom stereocenters. The summed E-state index contributed by atoms with van der Waals surface area (Å²) in [6.07, 6.45) is 9.51. The van der Waals surface area contributed by atoms with Gasteiger partial charge in [-0.05, 0) is 75.5 Å². The number of ether oxygens (including phenoxy) is 1. The van der Waals surface area contributed by atoms with Crippen molar-refractivity contribution in [2.24, 2.45) is 0 Å². The van der Waals surface area contributed by atoms with E-state index in [4.69, 9.17) is 9.84 Å². The summed E-state index contributed by atoms with van der Waals surface area (Å²) in [7, 11) is 0. The Morgan fingerprint density at radius 3 is 2.97 bits per heavy atom. The van der Waals surface area contributed by atoms with E-state index in [1.165, 1.54) is 38.6 Å². The SMILES string of the molecule is CCCCCCOc1ccccc1C(=O)Nc1ccc2[nH]nc(C3CCN4CCCC4C3)c2c1. The molecule has 6 nitrogen and oxygen atoms in total. The van der Waals surface area contributed by atoms with Crippen molar-refractivity contribution in [1.29, 1.82) is 0 Å². The zero-order chi connectivity index (χ0) is 23.3. The second-order valence-corrected chi connectivity index (χ2v) is 9.78. The second-order valence-electron chi connectivity index (χ2n) is 9.78. The average Bonchev–Trinajstić information content (AvgIpc) is 3.50. The van der Waals surface area contributed by atoms with Gasteiger partial charge in [-0.15, -0.1) is 0 Å². The molecule has 0 spiro atoms. The zero-order valence-electron chi connectivity index (χ0n) is 20.2. The number of carbonyl (C=O) groups is 1. The fourth-order valence-corrected chi connectivity index (χ4v) is 5.59. The average molecular weight is 461 g/mol. The van der Waals surface area contributed by atoms with Crippen LogP contribution in [0.15, 0.2) is 42.5 Å². The lowest BCUT2D eigenvalue weighted by Gasteiger charge is -2.34. The molecule has 1 aromatic heterocycles. The first kappa shape index (κ1) is 22.9. The monoisotopic (exact) mass is 460 g/mol. The lowest BCUT2D eigenvalue weighted by molar-refractivity contribution is 0.102. The molecule has 0 bridgehead atoms. The largest absolute Gasteiger partial charge is 0.493 e. The Hall–Kier alpha value is -2.86. The molecule has 0 radical (unpaired) electrons. The third kappa shape index (κ3) is 4.97. The summed E-state index contributed by atoms with van der Waals surface area (Å²) in [5, 5.41) is 12.1. The molecule has 180 valence electrons. The number of unbranched alkanes of at least 4 members (excludes halogenated alkanes) is 3. The Morgan fingerprint density at radius 1 is 1.15 bits per heavy atom. The molecule has 3 aromatic rings. The number of H-pyrrole nitrogens is 1. The van der Waals surface area contributed by atoms with E-state index in [0.29, 0.717) is 29.9 Å². The molecule has 0 saturated carbocycles. The maximum Gasteiger partial charge on any atom is 0.259 e. The van der Waals surface area contributed by atoms with Gasteiger partial charge in [-0.2, -0.15) is 5.10 Å². The van der Waals surface area contributed by atoms with Gasteiger partial charge >= 0.3 is 0 Å². The Morgan fingerprint density at radius 2 is 2.06 bits per heavy atom. The van der Waals surface area contributed by atoms with Gasteiger partial charge in [0.25, 0.3) is 5.91 Å². The Balaban J connectivity index is 1.29. The standard InChI is InChI=1S/C28H36N4O2/c1-2-3-4-7-17-34-26-11-6-5-10-23(26)28(33)29-21-12-13-25-24(19-21)27(31-30-25)20-14-16-32-15-8-9-22(32)18-20/h5-6,10-13,19-20,22H,2-4,7-9,14-18H2,1H3,(H,29,33)(H,30,31). The fraction of sp³-hybridized carbons (Fsp3) is 0.500. The topological polar surface area (TPSA) is 70.2 Å². The van der Waals surface area contributed by atoms with Crippen LogP contribution in [0.2, 0.25) is 0 Å². The van der Waals surface area contributed by atoms with Gasteiger partial charge in [-0.3, -0.25) is 9.89 Å². The van der Waals surface area contributed by atoms with Crippen LogP contribution >= 0.6 is 0 Å². The quantitative estimate of drug-likeness (QED) is 0.378. The number of nitrogens with zero attached hydrogens (tertiary/aromatic N) is 2. The summed E-state index contributed by atoms with van der Waals surface area (Å²) < 4.78 is 5.95. The minimum atomic E-state index is -0.146. The van der Waals surface area contributed by atoms with Crippen molar-refractivity contribution < 1.29 is 9.53 Å². The summed E-state index contributed by atoms with van der Waals surface area (Å²) in [5.41, 5.74) is 3.53. The van der Waals surface area contributed by atoms with Gasteiger partial charge in [0, 0.05) is 23.0 Å². The molecule has 2 aliphatic rings. The smallest absolute Gasteiger partial charge is 0.259 e. The Labute approximate surface area is 202 Å². The molecular formula is C28H36N4O2. The van der Waals surface area contributed by atoms with Crippen LogP contribution in [-0.2, 0) is 0 Å². The summed E-state index contributed by atoms with van der Waals surface area (Å²) in [6, 6.07) is 14.2. The van der Waals surface area contributed by atoms with E-state index < -0.39 is 0 Å². The van der Waals surface area contributed by atoms with E-state index in [1.54, 1.807) is 0 Å². The lowest BCUT2D eigenvalue weighted by Crippen LogP contribution is -2.37. The fourth-order valence-electron chi connectivity index (χ4n) is 5.59. The molecule has 34 heavy (non-hydrogen) atoms. The number of nitrogens with one attached hydrogen (secondary N) is 2. The number of aromatic amines is 1. The number of anilines is 1. The van der Waals surface area contributed by atoms with Gasteiger partial charge in [0.1, 0.15) is 5.75 Å². The van der Waals surface area contributed by atoms with E-state index in [2.05, 4.69) is 28.3 Å². The lowest BCUT2D eigenvalue weighted by atomic mass is 9.87. The number of hydrogen-bond acceptors (Lipinski definition) is 4. The van der Waals surface area contributed by atoms with E-state index in [9.17, 15) is 4.79 Å². The van der Waals surface area contributed by atoms with Crippen LogP contribution < -0.4 is 10.1 Å². The summed E-state index contributed by atoms with van der Waals surface area (Å²) in [6.45, 7) is 5.24. The van der Waals surface area contributed by atoms with Crippen LogP contribution in [0.4, 0.5) is 5.69 Å².